The van der Waals surface area contributed by atoms with Crippen molar-refractivity contribution in [2.45, 2.75) is 32.4 Å². The third-order valence-electron chi connectivity index (χ3n) is 2.64. The van der Waals surface area contributed by atoms with Crippen LogP contribution in [-0.2, 0) is 6.54 Å². The van der Waals surface area contributed by atoms with Gasteiger partial charge in [-0.25, -0.2) is 4.98 Å². The van der Waals surface area contributed by atoms with Crippen LogP contribution in [-0.4, -0.2) is 22.2 Å². The first kappa shape index (κ1) is 12.4. The van der Waals surface area contributed by atoms with Crippen molar-refractivity contribution < 1.29 is 5.11 Å². The molecule has 15 heavy (non-hydrogen) atoms. The Hall–Kier alpha value is -0.640. The van der Waals surface area contributed by atoms with Gasteiger partial charge >= 0.3 is 0 Å². The van der Waals surface area contributed by atoms with E-state index < -0.39 is 0 Å². The average molecular weight is 229 g/mol. The zero-order chi connectivity index (χ0) is 11.3. The number of hydrogen-bond donors (Lipinski definition) is 2. The lowest BCUT2D eigenvalue weighted by Gasteiger charge is -2.27. The lowest BCUT2D eigenvalue weighted by atomic mass is 10.00. The van der Waals surface area contributed by atoms with Crippen molar-refractivity contribution in [3.05, 3.63) is 29.0 Å². The van der Waals surface area contributed by atoms with Gasteiger partial charge in [-0.3, -0.25) is 0 Å². The summed E-state index contributed by atoms with van der Waals surface area (Å²) in [5.41, 5.74) is 0.840. The average Bonchev–Trinajstić information content (AvgIpc) is 2.28. The quantitative estimate of drug-likeness (QED) is 0.758. The monoisotopic (exact) mass is 228 g/mol. The van der Waals surface area contributed by atoms with Crippen molar-refractivity contribution >= 4 is 11.6 Å². The van der Waals surface area contributed by atoms with E-state index in [1.54, 1.807) is 12.3 Å². The van der Waals surface area contributed by atoms with Gasteiger partial charge in [0.25, 0.3) is 0 Å². The standard InChI is InChI=1S/C11H17ClN2O/c1-3-11(2,8-15)14-7-9-4-5-10(12)13-6-9/h4-6,14-15H,3,7-8H2,1-2H3. The van der Waals surface area contributed by atoms with Gasteiger partial charge in [0.2, 0.25) is 0 Å². The normalized spacial score (nSPS) is 14.9. The molecule has 1 rings (SSSR count). The highest BCUT2D eigenvalue weighted by Gasteiger charge is 2.19. The minimum absolute atomic E-state index is 0.129. The van der Waals surface area contributed by atoms with Crippen LogP contribution >= 0.6 is 11.6 Å². The van der Waals surface area contributed by atoms with E-state index >= 15 is 0 Å². The second-order valence-electron chi connectivity index (χ2n) is 3.92. The summed E-state index contributed by atoms with van der Waals surface area (Å²) in [5, 5.41) is 13.0. The van der Waals surface area contributed by atoms with E-state index in [4.69, 9.17) is 11.6 Å². The van der Waals surface area contributed by atoms with Crippen LogP contribution in [0, 0.1) is 0 Å². The van der Waals surface area contributed by atoms with E-state index in [2.05, 4.69) is 10.3 Å². The number of nitrogens with one attached hydrogen (secondary N) is 1. The van der Waals surface area contributed by atoms with Gasteiger partial charge in [0.15, 0.2) is 0 Å². The molecule has 1 aromatic rings. The Morgan fingerprint density at radius 1 is 1.53 bits per heavy atom. The van der Waals surface area contributed by atoms with Crippen molar-refractivity contribution in [3.8, 4) is 0 Å². The molecule has 1 unspecified atom stereocenters. The van der Waals surface area contributed by atoms with Gasteiger partial charge in [-0.05, 0) is 25.0 Å². The van der Waals surface area contributed by atoms with Crippen LogP contribution < -0.4 is 5.32 Å². The van der Waals surface area contributed by atoms with E-state index in [0.717, 1.165) is 12.0 Å². The smallest absolute Gasteiger partial charge is 0.129 e. The minimum atomic E-state index is -0.223. The molecule has 0 radical (unpaired) electrons. The molecule has 0 aliphatic heterocycles. The molecule has 0 amide bonds. The summed E-state index contributed by atoms with van der Waals surface area (Å²) < 4.78 is 0. The van der Waals surface area contributed by atoms with Crippen molar-refractivity contribution in [2.75, 3.05) is 6.61 Å². The zero-order valence-electron chi connectivity index (χ0n) is 9.13. The Morgan fingerprint density at radius 2 is 2.27 bits per heavy atom. The minimum Gasteiger partial charge on any atom is -0.394 e. The summed E-state index contributed by atoms with van der Waals surface area (Å²) in [6.45, 7) is 4.86. The largest absolute Gasteiger partial charge is 0.394 e. The second kappa shape index (κ2) is 5.45. The lowest BCUT2D eigenvalue weighted by Crippen LogP contribution is -2.44. The van der Waals surface area contributed by atoms with Crippen LogP contribution in [0.25, 0.3) is 0 Å². The molecule has 0 saturated carbocycles. The van der Waals surface area contributed by atoms with E-state index in [9.17, 15) is 5.11 Å². The van der Waals surface area contributed by atoms with Gasteiger partial charge in [0.05, 0.1) is 6.61 Å². The van der Waals surface area contributed by atoms with Crippen LogP contribution in [0.3, 0.4) is 0 Å². The number of aromatic nitrogens is 1. The highest BCUT2D eigenvalue weighted by Crippen LogP contribution is 2.10. The van der Waals surface area contributed by atoms with Crippen LogP contribution in [0.2, 0.25) is 5.15 Å². The van der Waals surface area contributed by atoms with E-state index in [0.29, 0.717) is 11.7 Å². The van der Waals surface area contributed by atoms with Gasteiger partial charge in [-0.1, -0.05) is 24.6 Å². The summed E-state index contributed by atoms with van der Waals surface area (Å²) >= 11 is 5.68. The fraction of sp³-hybridized carbons (Fsp3) is 0.545. The first-order valence-electron chi connectivity index (χ1n) is 5.06. The lowest BCUT2D eigenvalue weighted by molar-refractivity contribution is 0.169. The summed E-state index contributed by atoms with van der Waals surface area (Å²) in [6.07, 6.45) is 2.62. The molecule has 0 bridgehead atoms. The molecule has 2 N–H and O–H groups in total. The van der Waals surface area contributed by atoms with Gasteiger partial charge in [-0.2, -0.15) is 0 Å². The van der Waals surface area contributed by atoms with E-state index in [-0.39, 0.29) is 12.1 Å². The predicted molar refractivity (Wildman–Crippen MR) is 61.9 cm³/mol. The number of rotatable bonds is 5. The highest BCUT2D eigenvalue weighted by atomic mass is 35.5. The third kappa shape index (κ3) is 3.78. The molecular formula is C11H17ClN2O. The van der Waals surface area contributed by atoms with Gasteiger partial charge in [0.1, 0.15) is 5.15 Å². The highest BCUT2D eigenvalue weighted by molar-refractivity contribution is 6.29. The number of aliphatic hydroxyl groups excluding tert-OH is 1. The van der Waals surface area contributed by atoms with Gasteiger partial charge in [0, 0.05) is 18.3 Å². The Bertz CT molecular complexity index is 296. The van der Waals surface area contributed by atoms with Crippen molar-refractivity contribution in [1.82, 2.24) is 10.3 Å². The number of halogens is 1. The number of pyridine rings is 1. The maximum Gasteiger partial charge on any atom is 0.129 e. The molecule has 0 aliphatic rings. The first-order valence-corrected chi connectivity index (χ1v) is 5.44. The molecule has 3 nitrogen and oxygen atoms in total. The fourth-order valence-electron chi connectivity index (χ4n) is 1.12. The number of aliphatic hydroxyl groups is 1. The maximum absolute atomic E-state index is 9.21. The fourth-order valence-corrected chi connectivity index (χ4v) is 1.23. The molecule has 0 spiro atoms. The number of nitrogens with zero attached hydrogens (tertiary/aromatic N) is 1. The summed E-state index contributed by atoms with van der Waals surface area (Å²) in [5.74, 6) is 0. The molecule has 1 atom stereocenters. The molecule has 0 aliphatic carbocycles. The molecule has 0 aromatic carbocycles. The van der Waals surface area contributed by atoms with Crippen LogP contribution in [0.15, 0.2) is 18.3 Å². The first-order chi connectivity index (χ1) is 7.09. The Kier molecular flexibility index (Phi) is 4.51. The Morgan fingerprint density at radius 3 is 2.73 bits per heavy atom. The molecule has 0 fully saturated rings. The van der Waals surface area contributed by atoms with Gasteiger partial charge < -0.3 is 10.4 Å². The van der Waals surface area contributed by atoms with Crippen LogP contribution in [0.5, 0.6) is 0 Å². The maximum atomic E-state index is 9.21. The topological polar surface area (TPSA) is 45.1 Å². The summed E-state index contributed by atoms with van der Waals surface area (Å²) in [7, 11) is 0. The predicted octanol–water partition coefficient (Wildman–Crippen LogP) is 1.99. The third-order valence-corrected chi connectivity index (χ3v) is 2.86. The van der Waals surface area contributed by atoms with Crippen molar-refractivity contribution in [2.24, 2.45) is 0 Å². The van der Waals surface area contributed by atoms with Crippen LogP contribution in [0.4, 0.5) is 0 Å². The molecular weight excluding hydrogens is 212 g/mol. The summed E-state index contributed by atoms with van der Waals surface area (Å²) in [6, 6.07) is 3.69. The van der Waals surface area contributed by atoms with E-state index in [1.165, 1.54) is 0 Å². The Balaban J connectivity index is 2.53. The molecule has 1 aromatic heterocycles. The SMILES string of the molecule is CCC(C)(CO)NCc1ccc(Cl)nc1. The van der Waals surface area contributed by atoms with Gasteiger partial charge in [-0.15, -0.1) is 0 Å². The second-order valence-corrected chi connectivity index (χ2v) is 4.30. The Labute approximate surface area is 95.5 Å². The molecule has 84 valence electrons. The van der Waals surface area contributed by atoms with Crippen molar-refractivity contribution in [1.29, 1.82) is 0 Å². The zero-order valence-corrected chi connectivity index (χ0v) is 9.88. The van der Waals surface area contributed by atoms with Crippen LogP contribution in [0.1, 0.15) is 25.8 Å². The number of hydrogen-bond acceptors (Lipinski definition) is 3. The molecule has 4 heteroatoms. The molecule has 0 saturated heterocycles. The van der Waals surface area contributed by atoms with E-state index in [1.807, 2.05) is 19.9 Å². The molecule has 1 heterocycles. The van der Waals surface area contributed by atoms with Crippen molar-refractivity contribution in [3.63, 3.8) is 0 Å². The summed E-state index contributed by atoms with van der Waals surface area (Å²) in [4.78, 5) is 3.99.